The lowest BCUT2D eigenvalue weighted by molar-refractivity contribution is -0.139. The minimum absolute atomic E-state index is 0.107. The standard InChI is InChI=1S/C9H7ClF2INO2/c1-16-7(15)3-5-8(10)4(9(11)12)2-6(13)14-5/h2,9H,3H2,1H3. The average Bonchev–Trinajstić information content (AvgIpc) is 2.22. The summed E-state index contributed by atoms with van der Waals surface area (Å²) in [5.41, 5.74) is -0.212. The number of hydrogen-bond acceptors (Lipinski definition) is 3. The van der Waals surface area contributed by atoms with E-state index in [9.17, 15) is 13.6 Å². The Kier molecular flexibility index (Phi) is 4.85. The molecule has 1 heterocycles. The van der Waals surface area contributed by atoms with Crippen LogP contribution in [0.3, 0.4) is 0 Å². The third kappa shape index (κ3) is 3.24. The Morgan fingerprint density at radius 2 is 2.31 bits per heavy atom. The molecule has 0 unspecified atom stereocenters. The van der Waals surface area contributed by atoms with E-state index in [0.29, 0.717) is 3.70 Å². The Labute approximate surface area is 109 Å². The highest BCUT2D eigenvalue weighted by Gasteiger charge is 2.19. The normalized spacial score (nSPS) is 10.6. The van der Waals surface area contributed by atoms with Gasteiger partial charge in [0.25, 0.3) is 6.43 Å². The van der Waals surface area contributed by atoms with Crippen LogP contribution in [-0.2, 0) is 16.0 Å². The van der Waals surface area contributed by atoms with Crippen molar-refractivity contribution in [2.24, 2.45) is 0 Å². The number of ether oxygens (including phenoxy) is 1. The zero-order valence-corrected chi connectivity index (χ0v) is 11.1. The van der Waals surface area contributed by atoms with Gasteiger partial charge in [0, 0.05) is 5.56 Å². The van der Waals surface area contributed by atoms with Crippen LogP contribution in [0.15, 0.2) is 6.07 Å². The fraction of sp³-hybridized carbons (Fsp3) is 0.333. The second-order valence-electron chi connectivity index (χ2n) is 2.85. The van der Waals surface area contributed by atoms with Crippen LogP contribution in [0.2, 0.25) is 5.02 Å². The molecule has 0 spiro atoms. The largest absolute Gasteiger partial charge is 0.469 e. The van der Waals surface area contributed by atoms with Gasteiger partial charge in [-0.1, -0.05) is 11.6 Å². The lowest BCUT2D eigenvalue weighted by Crippen LogP contribution is -2.08. The van der Waals surface area contributed by atoms with Crippen LogP contribution in [0.25, 0.3) is 0 Å². The number of pyridine rings is 1. The molecule has 88 valence electrons. The molecule has 0 amide bonds. The molecule has 0 aliphatic heterocycles. The van der Waals surface area contributed by atoms with Crippen molar-refractivity contribution in [2.75, 3.05) is 7.11 Å². The molecular weight excluding hydrogens is 354 g/mol. The van der Waals surface area contributed by atoms with Crippen LogP contribution < -0.4 is 0 Å². The first kappa shape index (κ1) is 13.6. The van der Waals surface area contributed by atoms with E-state index in [1.807, 2.05) is 0 Å². The second-order valence-corrected chi connectivity index (χ2v) is 4.33. The van der Waals surface area contributed by atoms with Gasteiger partial charge in [0.2, 0.25) is 0 Å². The molecule has 0 saturated carbocycles. The van der Waals surface area contributed by atoms with Crippen LogP contribution in [0.1, 0.15) is 17.7 Å². The van der Waals surface area contributed by atoms with Gasteiger partial charge in [0.15, 0.2) is 0 Å². The monoisotopic (exact) mass is 361 g/mol. The molecule has 0 aliphatic carbocycles. The van der Waals surface area contributed by atoms with Crippen LogP contribution in [-0.4, -0.2) is 18.1 Å². The molecule has 1 aromatic rings. The maximum Gasteiger partial charge on any atom is 0.311 e. The van der Waals surface area contributed by atoms with Crippen LogP contribution in [0.4, 0.5) is 8.78 Å². The maximum absolute atomic E-state index is 12.6. The molecule has 0 bridgehead atoms. The van der Waals surface area contributed by atoms with Crippen molar-refractivity contribution >= 4 is 40.2 Å². The summed E-state index contributed by atoms with van der Waals surface area (Å²) in [6.45, 7) is 0. The van der Waals surface area contributed by atoms with Crippen LogP contribution >= 0.6 is 34.2 Å². The highest BCUT2D eigenvalue weighted by atomic mass is 127. The Morgan fingerprint density at radius 1 is 1.69 bits per heavy atom. The summed E-state index contributed by atoms with van der Waals surface area (Å²) >= 11 is 7.51. The summed E-state index contributed by atoms with van der Waals surface area (Å²) in [6, 6.07) is 1.19. The highest BCUT2D eigenvalue weighted by Crippen LogP contribution is 2.30. The molecule has 1 aromatic heterocycles. The van der Waals surface area contributed by atoms with E-state index >= 15 is 0 Å². The van der Waals surface area contributed by atoms with Gasteiger partial charge in [0.05, 0.1) is 24.2 Å². The van der Waals surface area contributed by atoms with E-state index in [2.05, 4.69) is 9.72 Å². The lowest BCUT2D eigenvalue weighted by atomic mass is 10.2. The molecule has 0 N–H and O–H groups in total. The van der Waals surface area contributed by atoms with Gasteiger partial charge in [-0.05, 0) is 28.7 Å². The van der Waals surface area contributed by atoms with Crippen LogP contribution in [0, 0.1) is 3.70 Å². The Morgan fingerprint density at radius 3 is 2.81 bits per heavy atom. The van der Waals surface area contributed by atoms with Crippen molar-refractivity contribution in [3.05, 3.63) is 26.0 Å². The van der Waals surface area contributed by atoms with E-state index in [4.69, 9.17) is 11.6 Å². The SMILES string of the molecule is COC(=O)Cc1nc(I)cc(C(F)F)c1Cl. The highest BCUT2D eigenvalue weighted by molar-refractivity contribution is 14.1. The summed E-state index contributed by atoms with van der Waals surface area (Å²) in [5, 5.41) is -0.180. The smallest absolute Gasteiger partial charge is 0.311 e. The molecular formula is C9H7ClF2INO2. The van der Waals surface area contributed by atoms with E-state index in [0.717, 1.165) is 0 Å². The molecule has 0 saturated heterocycles. The van der Waals surface area contributed by atoms with Gasteiger partial charge < -0.3 is 4.74 Å². The van der Waals surface area contributed by atoms with Gasteiger partial charge >= 0.3 is 5.97 Å². The van der Waals surface area contributed by atoms with Crippen molar-refractivity contribution < 1.29 is 18.3 Å². The van der Waals surface area contributed by atoms with Crippen molar-refractivity contribution in [1.82, 2.24) is 4.98 Å². The first-order valence-corrected chi connectivity index (χ1v) is 5.61. The van der Waals surface area contributed by atoms with Crippen molar-refractivity contribution in [3.63, 3.8) is 0 Å². The first-order chi connectivity index (χ1) is 7.45. The number of alkyl halides is 2. The number of carbonyl (C=O) groups is 1. The molecule has 16 heavy (non-hydrogen) atoms. The average molecular weight is 362 g/mol. The Balaban J connectivity index is 3.14. The van der Waals surface area contributed by atoms with Crippen molar-refractivity contribution in [1.29, 1.82) is 0 Å². The third-order valence-corrected chi connectivity index (χ3v) is 2.79. The predicted octanol–water partition coefficient (Wildman–Crippen LogP) is 2.99. The Hall–Kier alpha value is -0.500. The van der Waals surface area contributed by atoms with E-state index in [1.165, 1.54) is 13.2 Å². The Bertz CT molecular complexity index is 415. The molecule has 0 atom stereocenters. The molecule has 0 aromatic carbocycles. The third-order valence-electron chi connectivity index (χ3n) is 1.80. The van der Waals surface area contributed by atoms with Gasteiger partial charge in [-0.15, -0.1) is 0 Å². The van der Waals surface area contributed by atoms with Gasteiger partial charge in [-0.2, -0.15) is 0 Å². The minimum atomic E-state index is -2.69. The fourth-order valence-corrected chi connectivity index (χ4v) is 1.93. The van der Waals surface area contributed by atoms with Gasteiger partial charge in [-0.25, -0.2) is 13.8 Å². The molecule has 3 nitrogen and oxygen atoms in total. The number of nitrogens with zero attached hydrogens (tertiary/aromatic N) is 1. The quantitative estimate of drug-likeness (QED) is 0.472. The van der Waals surface area contributed by atoms with Crippen LogP contribution in [0.5, 0.6) is 0 Å². The summed E-state index contributed by atoms with van der Waals surface area (Å²) in [6.07, 6.45) is -2.91. The number of methoxy groups -OCH3 is 1. The number of rotatable bonds is 3. The second kappa shape index (κ2) is 5.72. The zero-order valence-electron chi connectivity index (χ0n) is 8.14. The topological polar surface area (TPSA) is 39.2 Å². The summed E-state index contributed by atoms with van der Waals surface area (Å²) in [4.78, 5) is 14.9. The van der Waals surface area contributed by atoms with E-state index in [1.54, 1.807) is 22.6 Å². The summed E-state index contributed by atoms with van der Waals surface area (Å²) in [5.74, 6) is -0.573. The zero-order chi connectivity index (χ0) is 12.3. The molecule has 0 aliphatic rings. The number of carbonyl (C=O) groups excluding carboxylic acids is 1. The van der Waals surface area contributed by atoms with Gasteiger partial charge in [-0.3, -0.25) is 4.79 Å². The summed E-state index contributed by atoms with van der Waals surface area (Å²) in [7, 11) is 1.21. The minimum Gasteiger partial charge on any atom is -0.469 e. The molecule has 1 rings (SSSR count). The lowest BCUT2D eigenvalue weighted by Gasteiger charge is -2.08. The van der Waals surface area contributed by atoms with E-state index < -0.39 is 12.4 Å². The van der Waals surface area contributed by atoms with Gasteiger partial charge in [0.1, 0.15) is 3.70 Å². The number of esters is 1. The number of halogens is 4. The van der Waals surface area contributed by atoms with Crippen molar-refractivity contribution in [2.45, 2.75) is 12.8 Å². The first-order valence-electron chi connectivity index (χ1n) is 4.15. The summed E-state index contributed by atoms with van der Waals surface area (Å²) < 4.78 is 29.9. The molecule has 7 heteroatoms. The fourth-order valence-electron chi connectivity index (χ4n) is 1.05. The molecule has 0 radical (unpaired) electrons. The maximum atomic E-state index is 12.6. The van der Waals surface area contributed by atoms with E-state index in [-0.39, 0.29) is 22.7 Å². The number of aromatic nitrogens is 1. The molecule has 0 fully saturated rings. The van der Waals surface area contributed by atoms with Crippen molar-refractivity contribution in [3.8, 4) is 0 Å². The predicted molar refractivity (Wildman–Crippen MR) is 62.6 cm³/mol. The number of hydrogen-bond donors (Lipinski definition) is 0.